The number of hydrogen-bond acceptors (Lipinski definition) is 11. The lowest BCUT2D eigenvalue weighted by molar-refractivity contribution is -0.302. The maximum atomic E-state index is 14.4. The van der Waals surface area contributed by atoms with Crippen LogP contribution in [0.3, 0.4) is 0 Å². The number of hydrogen-bond donors (Lipinski definition) is 2. The zero-order valence-electron chi connectivity index (χ0n) is 37.4. The quantitative estimate of drug-likeness (QED) is 0.121. The number of methoxy groups -OCH3 is 2. The maximum Gasteiger partial charge on any atom is 0.329 e. The predicted molar refractivity (Wildman–Crippen MR) is 223 cm³/mol. The number of Topliss-reactive ketones (excluding diaryl/α,β-unsaturated/α-hetero) is 2. The minimum Gasteiger partial charge on any atom is -0.456 e. The third-order valence-corrected chi connectivity index (χ3v) is 13.2. The Labute approximate surface area is 352 Å². The molecule has 4 aliphatic rings. The van der Waals surface area contributed by atoms with Gasteiger partial charge in [-0.2, -0.15) is 0 Å². The van der Waals surface area contributed by atoms with Crippen LogP contribution in [0.2, 0.25) is 0 Å². The van der Waals surface area contributed by atoms with Crippen molar-refractivity contribution in [2.24, 2.45) is 29.6 Å². The molecule has 0 aromatic rings. The molecule has 3 heterocycles. The number of carbonyl (C=O) groups excluding carboxylic acids is 5. The van der Waals surface area contributed by atoms with Gasteiger partial charge in [0.1, 0.15) is 24.0 Å². The number of cyclic esters (lactones) is 1. The molecule has 334 valence electrons. The van der Waals surface area contributed by atoms with E-state index in [0.717, 1.165) is 30.4 Å². The number of ketones is 2. The molecule has 59 heavy (non-hydrogen) atoms. The van der Waals surface area contributed by atoms with Crippen molar-refractivity contribution in [2.45, 2.75) is 187 Å². The van der Waals surface area contributed by atoms with Gasteiger partial charge >= 0.3 is 5.97 Å². The SMILES string of the molecule is CCC1C=C(C)CC(C)CC(OC)C2OC(O)(C(=O)C(=O)N3CCCCC3C(=O)OC(C(C)=CC3CCC(NC=O)C(OC(C)C)C3)C(C)CCC1=O)C(C)CC2OC. The van der Waals surface area contributed by atoms with E-state index in [-0.39, 0.29) is 60.7 Å². The third kappa shape index (κ3) is 12.3. The Morgan fingerprint density at radius 3 is 2.34 bits per heavy atom. The van der Waals surface area contributed by atoms with Gasteiger partial charge in [0.05, 0.1) is 30.5 Å². The average Bonchev–Trinajstić information content (AvgIpc) is 3.20. The van der Waals surface area contributed by atoms with Gasteiger partial charge < -0.3 is 39.0 Å². The summed E-state index contributed by atoms with van der Waals surface area (Å²) in [7, 11) is 3.10. The lowest BCUT2D eigenvalue weighted by Gasteiger charge is -2.47. The molecule has 0 aromatic carbocycles. The zero-order valence-corrected chi connectivity index (χ0v) is 37.4. The van der Waals surface area contributed by atoms with Gasteiger partial charge in [-0.1, -0.05) is 45.4 Å². The summed E-state index contributed by atoms with van der Waals surface area (Å²) >= 11 is 0. The van der Waals surface area contributed by atoms with E-state index < -0.39 is 59.8 Å². The molecule has 3 fully saturated rings. The smallest absolute Gasteiger partial charge is 0.329 e. The summed E-state index contributed by atoms with van der Waals surface area (Å²) in [6.07, 6.45) is 8.61. The molecule has 2 saturated heterocycles. The predicted octanol–water partition coefficient (Wildman–Crippen LogP) is 6.03. The monoisotopic (exact) mass is 831 g/mol. The highest BCUT2D eigenvalue weighted by Crippen LogP contribution is 2.39. The summed E-state index contributed by atoms with van der Waals surface area (Å²) in [5.74, 6) is -6.24. The lowest BCUT2D eigenvalue weighted by atomic mass is 9.81. The van der Waals surface area contributed by atoms with E-state index in [0.29, 0.717) is 57.8 Å². The standard InChI is InChI=1S/C46H74N2O11/c1-11-34-21-28(4)20-29(5)22-39(55-9)42-40(56-10)24-32(8)46(54,59-42)43(51)44(52)48-19-13-12-14-36(48)45(53)58-41(30(6)15-18-37(34)50)31(7)23-33-16-17-35(47-26-49)38(25-33)57-27(2)3/h21,23,26-27,29-30,32-36,38-42,54H,11-20,22,24-25H2,1-10H3,(H,47,49). The molecule has 0 spiro atoms. The molecular weight excluding hydrogens is 757 g/mol. The Balaban J connectivity index is 1.73. The first-order chi connectivity index (χ1) is 28.0. The van der Waals surface area contributed by atoms with Gasteiger partial charge in [-0.25, -0.2) is 4.79 Å². The van der Waals surface area contributed by atoms with Crippen molar-refractivity contribution in [3.05, 3.63) is 23.3 Å². The number of fused-ring (bicyclic) bond motifs is 3. The summed E-state index contributed by atoms with van der Waals surface area (Å²) in [4.78, 5) is 69.4. The van der Waals surface area contributed by atoms with Gasteiger partial charge in [0.2, 0.25) is 12.2 Å². The van der Waals surface area contributed by atoms with E-state index in [1.807, 2.05) is 41.5 Å². The van der Waals surface area contributed by atoms with Crippen LogP contribution in [0.1, 0.15) is 132 Å². The van der Waals surface area contributed by atoms with E-state index >= 15 is 0 Å². The minimum absolute atomic E-state index is 0.0279. The van der Waals surface area contributed by atoms with Crippen LogP contribution in [0, 0.1) is 29.6 Å². The van der Waals surface area contributed by atoms with E-state index in [4.69, 9.17) is 23.7 Å². The summed E-state index contributed by atoms with van der Waals surface area (Å²) < 4.78 is 30.7. The molecule has 13 nitrogen and oxygen atoms in total. The van der Waals surface area contributed by atoms with Crippen molar-refractivity contribution in [3.8, 4) is 0 Å². The first-order valence-corrected chi connectivity index (χ1v) is 22.2. The molecule has 2 N–H and O–H groups in total. The fourth-order valence-corrected chi connectivity index (χ4v) is 9.94. The van der Waals surface area contributed by atoms with Crippen LogP contribution < -0.4 is 5.32 Å². The number of nitrogens with zero attached hydrogens (tertiary/aromatic N) is 1. The van der Waals surface area contributed by atoms with Crippen molar-refractivity contribution in [1.82, 2.24) is 10.2 Å². The highest BCUT2D eigenvalue weighted by Gasteiger charge is 2.56. The number of aliphatic hydroxyl groups is 1. The molecule has 1 saturated carbocycles. The fourth-order valence-electron chi connectivity index (χ4n) is 9.94. The molecule has 0 aromatic heterocycles. The summed E-state index contributed by atoms with van der Waals surface area (Å²) in [5.41, 5.74) is 1.91. The number of nitrogens with one attached hydrogen (secondary N) is 1. The van der Waals surface area contributed by atoms with Crippen molar-refractivity contribution in [3.63, 3.8) is 0 Å². The van der Waals surface area contributed by atoms with Gasteiger partial charge in [0.25, 0.3) is 11.7 Å². The number of rotatable bonds is 9. The summed E-state index contributed by atoms with van der Waals surface area (Å²) in [6, 6.07) is -1.15. The van der Waals surface area contributed by atoms with Gasteiger partial charge in [0.15, 0.2) is 0 Å². The number of esters is 1. The van der Waals surface area contributed by atoms with Gasteiger partial charge in [-0.3, -0.25) is 19.2 Å². The van der Waals surface area contributed by atoms with Crippen molar-refractivity contribution >= 4 is 29.9 Å². The molecule has 2 bridgehead atoms. The molecular formula is C46H74N2O11. The van der Waals surface area contributed by atoms with Crippen LogP contribution in [-0.4, -0.2) is 115 Å². The van der Waals surface area contributed by atoms with E-state index in [1.54, 1.807) is 21.1 Å². The van der Waals surface area contributed by atoms with Crippen LogP contribution >= 0.6 is 0 Å². The highest BCUT2D eigenvalue weighted by atomic mass is 16.7. The molecule has 13 atom stereocenters. The minimum atomic E-state index is -2.47. The number of amides is 2. The maximum absolute atomic E-state index is 14.4. The van der Waals surface area contributed by atoms with Crippen LogP contribution in [0.15, 0.2) is 23.3 Å². The number of carbonyl (C=O) groups is 5. The molecule has 13 heteroatoms. The van der Waals surface area contributed by atoms with Crippen molar-refractivity contribution in [1.29, 1.82) is 0 Å². The fraction of sp³-hybridized carbons (Fsp3) is 0.804. The van der Waals surface area contributed by atoms with E-state index in [9.17, 15) is 29.1 Å². The van der Waals surface area contributed by atoms with Gasteiger partial charge in [-0.15, -0.1) is 0 Å². The normalized spacial score (nSPS) is 37.9. The van der Waals surface area contributed by atoms with Crippen LogP contribution in [0.4, 0.5) is 0 Å². The molecule has 1 aliphatic carbocycles. The first kappa shape index (κ1) is 48.7. The van der Waals surface area contributed by atoms with E-state index in [1.165, 1.54) is 4.90 Å². The molecule has 3 aliphatic heterocycles. The zero-order chi connectivity index (χ0) is 43.6. The molecule has 4 rings (SSSR count). The average molecular weight is 831 g/mol. The van der Waals surface area contributed by atoms with Gasteiger partial charge in [-0.05, 0) is 122 Å². The van der Waals surface area contributed by atoms with Crippen LogP contribution in [0.5, 0.6) is 0 Å². The number of piperidine rings is 1. The Morgan fingerprint density at radius 2 is 1.69 bits per heavy atom. The number of ether oxygens (including phenoxy) is 5. The topological polar surface area (TPSA) is 167 Å². The molecule has 13 unspecified atom stereocenters. The van der Waals surface area contributed by atoms with Crippen LogP contribution in [0.25, 0.3) is 0 Å². The largest absolute Gasteiger partial charge is 0.456 e. The molecule has 2 amide bonds. The Morgan fingerprint density at radius 1 is 1.00 bits per heavy atom. The Kier molecular flexibility index (Phi) is 18.3. The Bertz CT molecular complexity index is 1510. The number of allylic oxidation sites excluding steroid dienone is 3. The Hall–Kier alpha value is -2.97. The summed E-state index contributed by atoms with van der Waals surface area (Å²) in [5, 5.41) is 15.0. The van der Waals surface area contributed by atoms with Crippen molar-refractivity contribution in [2.75, 3.05) is 20.8 Å². The first-order valence-electron chi connectivity index (χ1n) is 22.2. The second-order valence-corrected chi connectivity index (χ2v) is 18.3. The van der Waals surface area contributed by atoms with Crippen molar-refractivity contribution < 1.29 is 52.8 Å². The van der Waals surface area contributed by atoms with E-state index in [2.05, 4.69) is 24.4 Å². The lowest BCUT2D eigenvalue weighted by Crippen LogP contribution is -2.64. The van der Waals surface area contributed by atoms with Gasteiger partial charge in [0, 0.05) is 39.0 Å². The third-order valence-electron chi connectivity index (χ3n) is 13.2. The highest BCUT2D eigenvalue weighted by molar-refractivity contribution is 6.39. The summed E-state index contributed by atoms with van der Waals surface area (Å²) in [6.45, 7) is 15.8. The van der Waals surface area contributed by atoms with Crippen LogP contribution in [-0.2, 0) is 47.7 Å². The second-order valence-electron chi connectivity index (χ2n) is 18.3. The second kappa shape index (κ2) is 22.2. The molecule has 0 radical (unpaired) electrons.